The van der Waals surface area contributed by atoms with Crippen LogP contribution in [0.15, 0.2) is 47.5 Å². The third-order valence-corrected chi connectivity index (χ3v) is 4.23. The number of hydrogen-bond donors (Lipinski definition) is 1. The van der Waals surface area contributed by atoms with E-state index in [-0.39, 0.29) is 0 Å². The molecule has 0 bridgehead atoms. The standard InChI is InChI=1S/C17H22N2S/c1-4-18-17(12-16-13(2)6-5-11-19-16)14-7-9-15(20-3)10-8-14/h5-11,17-18H,4,12H2,1-3H3. The first-order valence-corrected chi connectivity index (χ1v) is 8.25. The molecule has 106 valence electrons. The molecule has 0 radical (unpaired) electrons. The van der Waals surface area contributed by atoms with Crippen molar-refractivity contribution < 1.29 is 0 Å². The Hall–Kier alpha value is -1.32. The molecule has 0 saturated carbocycles. The van der Waals surface area contributed by atoms with Crippen LogP contribution in [0.2, 0.25) is 0 Å². The highest BCUT2D eigenvalue weighted by molar-refractivity contribution is 7.98. The van der Waals surface area contributed by atoms with E-state index in [9.17, 15) is 0 Å². The normalized spacial score (nSPS) is 12.3. The zero-order valence-electron chi connectivity index (χ0n) is 12.4. The molecular formula is C17H22N2S. The Labute approximate surface area is 126 Å². The van der Waals surface area contributed by atoms with E-state index in [2.05, 4.69) is 60.7 Å². The molecule has 0 aliphatic carbocycles. The molecule has 1 aromatic heterocycles. The Morgan fingerprint density at radius 1 is 1.20 bits per heavy atom. The van der Waals surface area contributed by atoms with Crippen molar-refractivity contribution in [2.24, 2.45) is 0 Å². The highest BCUT2D eigenvalue weighted by Gasteiger charge is 2.13. The maximum absolute atomic E-state index is 4.52. The van der Waals surface area contributed by atoms with Crippen LogP contribution in [0.1, 0.15) is 29.8 Å². The summed E-state index contributed by atoms with van der Waals surface area (Å²) in [6.07, 6.45) is 4.91. The Kier molecular flexibility index (Phi) is 5.62. The number of nitrogens with one attached hydrogen (secondary N) is 1. The van der Waals surface area contributed by atoms with Gasteiger partial charge in [0.25, 0.3) is 0 Å². The van der Waals surface area contributed by atoms with Gasteiger partial charge in [-0.1, -0.05) is 25.1 Å². The van der Waals surface area contributed by atoms with Gasteiger partial charge >= 0.3 is 0 Å². The summed E-state index contributed by atoms with van der Waals surface area (Å²) in [6.45, 7) is 5.23. The molecule has 0 saturated heterocycles. The van der Waals surface area contributed by atoms with Gasteiger partial charge in [-0.2, -0.15) is 0 Å². The highest BCUT2D eigenvalue weighted by Crippen LogP contribution is 2.22. The summed E-state index contributed by atoms with van der Waals surface area (Å²) in [5.41, 5.74) is 3.76. The lowest BCUT2D eigenvalue weighted by Gasteiger charge is -2.19. The van der Waals surface area contributed by atoms with Gasteiger partial charge in [-0.25, -0.2) is 0 Å². The number of hydrogen-bond acceptors (Lipinski definition) is 3. The number of likely N-dealkylation sites (N-methyl/N-ethyl adjacent to an activating group) is 1. The molecule has 1 aromatic carbocycles. The Balaban J connectivity index is 2.19. The third kappa shape index (κ3) is 3.84. The van der Waals surface area contributed by atoms with Crippen molar-refractivity contribution in [1.29, 1.82) is 0 Å². The molecule has 1 unspecified atom stereocenters. The fourth-order valence-electron chi connectivity index (χ4n) is 2.32. The Bertz CT molecular complexity index is 537. The smallest absolute Gasteiger partial charge is 0.0451 e. The monoisotopic (exact) mass is 286 g/mol. The van der Waals surface area contributed by atoms with Crippen LogP contribution < -0.4 is 5.32 Å². The zero-order valence-corrected chi connectivity index (χ0v) is 13.2. The second-order valence-electron chi connectivity index (χ2n) is 4.85. The van der Waals surface area contributed by atoms with Gasteiger partial charge in [0.05, 0.1) is 0 Å². The molecule has 1 heterocycles. The first-order chi connectivity index (χ1) is 9.74. The predicted molar refractivity (Wildman–Crippen MR) is 87.3 cm³/mol. The minimum absolute atomic E-state index is 0.324. The van der Waals surface area contributed by atoms with Crippen molar-refractivity contribution in [3.8, 4) is 0 Å². The van der Waals surface area contributed by atoms with Crippen molar-refractivity contribution in [1.82, 2.24) is 10.3 Å². The van der Waals surface area contributed by atoms with Crippen LogP contribution in [0, 0.1) is 6.92 Å². The molecule has 2 rings (SSSR count). The second-order valence-corrected chi connectivity index (χ2v) is 5.73. The molecule has 1 N–H and O–H groups in total. The van der Waals surface area contributed by atoms with E-state index in [1.54, 1.807) is 11.8 Å². The Morgan fingerprint density at radius 3 is 2.55 bits per heavy atom. The van der Waals surface area contributed by atoms with E-state index in [1.807, 2.05) is 12.3 Å². The molecule has 3 heteroatoms. The summed E-state index contributed by atoms with van der Waals surface area (Å²) >= 11 is 1.78. The number of rotatable bonds is 6. The fraction of sp³-hybridized carbons (Fsp3) is 0.353. The summed E-state index contributed by atoms with van der Waals surface area (Å²) in [5, 5.41) is 3.57. The predicted octanol–water partition coefficient (Wildman–Crippen LogP) is 4.01. The number of nitrogens with zero attached hydrogens (tertiary/aromatic N) is 1. The molecular weight excluding hydrogens is 264 g/mol. The van der Waals surface area contributed by atoms with Gasteiger partial charge in [0.1, 0.15) is 0 Å². The van der Waals surface area contributed by atoms with Gasteiger partial charge in [-0.05, 0) is 49.1 Å². The van der Waals surface area contributed by atoms with E-state index in [0.29, 0.717) is 6.04 Å². The molecule has 0 spiro atoms. The van der Waals surface area contributed by atoms with Crippen molar-refractivity contribution in [3.05, 3.63) is 59.4 Å². The lowest BCUT2D eigenvalue weighted by atomic mass is 9.99. The van der Waals surface area contributed by atoms with Gasteiger partial charge in [0.15, 0.2) is 0 Å². The summed E-state index contributed by atoms with van der Waals surface area (Å²) in [4.78, 5) is 5.82. The Morgan fingerprint density at radius 2 is 1.95 bits per heavy atom. The van der Waals surface area contributed by atoms with Crippen LogP contribution in [0.25, 0.3) is 0 Å². The SMILES string of the molecule is CCNC(Cc1ncccc1C)c1ccc(SC)cc1. The summed E-state index contributed by atoms with van der Waals surface area (Å²) < 4.78 is 0. The number of aryl methyl sites for hydroxylation is 1. The van der Waals surface area contributed by atoms with Crippen LogP contribution in [0.5, 0.6) is 0 Å². The summed E-state index contributed by atoms with van der Waals surface area (Å²) in [6, 6.07) is 13.3. The van der Waals surface area contributed by atoms with Crippen LogP contribution in [0.3, 0.4) is 0 Å². The molecule has 0 aliphatic heterocycles. The summed E-state index contributed by atoms with van der Waals surface area (Å²) in [7, 11) is 0. The van der Waals surface area contributed by atoms with Gasteiger partial charge in [0.2, 0.25) is 0 Å². The van der Waals surface area contributed by atoms with E-state index in [0.717, 1.165) is 13.0 Å². The highest BCUT2D eigenvalue weighted by atomic mass is 32.2. The van der Waals surface area contributed by atoms with Gasteiger partial charge in [-0.3, -0.25) is 4.98 Å². The average Bonchev–Trinajstić information content (AvgIpc) is 2.49. The van der Waals surface area contributed by atoms with Crippen LogP contribution in [-0.2, 0) is 6.42 Å². The number of aromatic nitrogens is 1. The topological polar surface area (TPSA) is 24.9 Å². The van der Waals surface area contributed by atoms with Crippen LogP contribution in [-0.4, -0.2) is 17.8 Å². The fourth-order valence-corrected chi connectivity index (χ4v) is 2.72. The molecule has 1 atom stereocenters. The molecule has 0 amide bonds. The number of thioether (sulfide) groups is 1. The maximum atomic E-state index is 4.52. The van der Waals surface area contributed by atoms with Gasteiger partial charge < -0.3 is 5.32 Å². The molecule has 2 nitrogen and oxygen atoms in total. The molecule has 2 aromatic rings. The minimum Gasteiger partial charge on any atom is -0.310 e. The largest absolute Gasteiger partial charge is 0.310 e. The van der Waals surface area contributed by atoms with Crippen molar-refractivity contribution in [2.45, 2.75) is 31.2 Å². The minimum atomic E-state index is 0.324. The zero-order chi connectivity index (χ0) is 14.4. The van der Waals surface area contributed by atoms with Crippen molar-refractivity contribution >= 4 is 11.8 Å². The molecule has 0 fully saturated rings. The van der Waals surface area contributed by atoms with Gasteiger partial charge in [0, 0.05) is 29.2 Å². The van der Waals surface area contributed by atoms with E-state index in [1.165, 1.54) is 21.7 Å². The van der Waals surface area contributed by atoms with Gasteiger partial charge in [-0.15, -0.1) is 11.8 Å². The van der Waals surface area contributed by atoms with Crippen molar-refractivity contribution in [3.63, 3.8) is 0 Å². The lowest BCUT2D eigenvalue weighted by molar-refractivity contribution is 0.542. The van der Waals surface area contributed by atoms with Crippen molar-refractivity contribution in [2.75, 3.05) is 12.8 Å². The van der Waals surface area contributed by atoms with E-state index < -0.39 is 0 Å². The van der Waals surface area contributed by atoms with Crippen LogP contribution >= 0.6 is 11.8 Å². The average molecular weight is 286 g/mol. The molecule has 20 heavy (non-hydrogen) atoms. The quantitative estimate of drug-likeness (QED) is 0.812. The second kappa shape index (κ2) is 7.46. The maximum Gasteiger partial charge on any atom is 0.0451 e. The summed E-state index contributed by atoms with van der Waals surface area (Å²) in [5.74, 6) is 0. The number of benzene rings is 1. The van der Waals surface area contributed by atoms with E-state index in [4.69, 9.17) is 0 Å². The van der Waals surface area contributed by atoms with Crippen LogP contribution in [0.4, 0.5) is 0 Å². The first-order valence-electron chi connectivity index (χ1n) is 7.02. The third-order valence-electron chi connectivity index (χ3n) is 3.48. The molecule has 0 aliphatic rings. The lowest BCUT2D eigenvalue weighted by Crippen LogP contribution is -2.23. The first kappa shape index (κ1) is 15.1. The van der Waals surface area contributed by atoms with E-state index >= 15 is 0 Å². The number of pyridine rings is 1.